The number of likely N-dealkylation sites (tertiary alicyclic amines) is 1. The normalized spacial score (nSPS) is 30.6. The van der Waals surface area contributed by atoms with Gasteiger partial charge in [-0.15, -0.1) is 10.2 Å². The maximum Gasteiger partial charge on any atom is 0.150 e. The van der Waals surface area contributed by atoms with Gasteiger partial charge in [-0.05, 0) is 32.9 Å². The van der Waals surface area contributed by atoms with Crippen molar-refractivity contribution in [2.75, 3.05) is 13.6 Å². The summed E-state index contributed by atoms with van der Waals surface area (Å²) in [6, 6.07) is 0.427. The average molecular weight is 222 g/mol. The number of aliphatic hydroxyl groups excluding tert-OH is 1. The van der Waals surface area contributed by atoms with Crippen molar-refractivity contribution in [3.63, 3.8) is 0 Å². The molecule has 2 atom stereocenters. The Labute approximate surface area is 95.1 Å². The summed E-state index contributed by atoms with van der Waals surface area (Å²) in [7, 11) is 2.15. The van der Waals surface area contributed by atoms with E-state index in [0.29, 0.717) is 12.5 Å². The van der Waals surface area contributed by atoms with E-state index in [-0.39, 0.29) is 6.10 Å². The van der Waals surface area contributed by atoms with Crippen molar-refractivity contribution in [1.29, 1.82) is 0 Å². The van der Waals surface area contributed by atoms with E-state index in [1.807, 2.05) is 0 Å². The first-order valence-electron chi connectivity index (χ1n) is 6.06. The van der Waals surface area contributed by atoms with Crippen molar-refractivity contribution in [3.8, 4) is 0 Å². The summed E-state index contributed by atoms with van der Waals surface area (Å²) in [4.78, 5) is 2.35. The van der Waals surface area contributed by atoms with Crippen LogP contribution in [0.15, 0.2) is 0 Å². The van der Waals surface area contributed by atoms with Gasteiger partial charge in [0.2, 0.25) is 0 Å². The predicted molar refractivity (Wildman–Crippen MR) is 59.0 cm³/mol. The third-order valence-electron chi connectivity index (χ3n) is 3.78. The van der Waals surface area contributed by atoms with Gasteiger partial charge >= 0.3 is 0 Å². The van der Waals surface area contributed by atoms with Crippen molar-refractivity contribution in [1.82, 2.24) is 19.7 Å². The van der Waals surface area contributed by atoms with E-state index < -0.39 is 0 Å². The third-order valence-corrected chi connectivity index (χ3v) is 3.78. The SMILES string of the molecule is CN1CCCC1c1nnc2n1CCC(O)C2. The van der Waals surface area contributed by atoms with Gasteiger partial charge in [-0.3, -0.25) is 4.90 Å². The smallest absolute Gasteiger partial charge is 0.150 e. The summed E-state index contributed by atoms with van der Waals surface area (Å²) in [6.07, 6.45) is 3.67. The number of fused-ring (bicyclic) bond motifs is 1. The van der Waals surface area contributed by atoms with Gasteiger partial charge in [-0.1, -0.05) is 0 Å². The molecule has 3 rings (SSSR count). The second-order valence-corrected chi connectivity index (χ2v) is 4.91. The minimum Gasteiger partial charge on any atom is -0.393 e. The van der Waals surface area contributed by atoms with Crippen LogP contribution in [0.3, 0.4) is 0 Å². The first-order chi connectivity index (χ1) is 7.75. The largest absolute Gasteiger partial charge is 0.393 e. The molecule has 0 aromatic carbocycles. The Morgan fingerprint density at radius 3 is 2.88 bits per heavy atom. The van der Waals surface area contributed by atoms with Gasteiger partial charge in [0.25, 0.3) is 0 Å². The maximum atomic E-state index is 9.59. The Morgan fingerprint density at radius 1 is 1.25 bits per heavy atom. The zero-order chi connectivity index (χ0) is 11.1. The van der Waals surface area contributed by atoms with Gasteiger partial charge in [-0.2, -0.15) is 0 Å². The fraction of sp³-hybridized carbons (Fsp3) is 0.818. The number of aromatic nitrogens is 3. The molecule has 88 valence electrons. The van der Waals surface area contributed by atoms with Crippen LogP contribution in [0.4, 0.5) is 0 Å². The lowest BCUT2D eigenvalue weighted by molar-refractivity contribution is 0.139. The van der Waals surface area contributed by atoms with Crippen molar-refractivity contribution < 1.29 is 5.11 Å². The highest BCUT2D eigenvalue weighted by atomic mass is 16.3. The molecule has 0 saturated carbocycles. The number of hydrogen-bond acceptors (Lipinski definition) is 4. The molecule has 1 fully saturated rings. The second kappa shape index (κ2) is 3.82. The average Bonchev–Trinajstić information content (AvgIpc) is 2.83. The van der Waals surface area contributed by atoms with Crippen LogP contribution in [-0.2, 0) is 13.0 Å². The lowest BCUT2D eigenvalue weighted by Gasteiger charge is -2.23. The Morgan fingerprint density at radius 2 is 2.12 bits per heavy atom. The summed E-state index contributed by atoms with van der Waals surface area (Å²) < 4.78 is 2.21. The molecule has 1 saturated heterocycles. The molecule has 1 aromatic rings. The molecule has 0 aliphatic carbocycles. The lowest BCUT2D eigenvalue weighted by atomic mass is 10.1. The highest BCUT2D eigenvalue weighted by Gasteiger charge is 2.30. The fourth-order valence-electron chi connectivity index (χ4n) is 2.82. The first kappa shape index (κ1) is 10.2. The van der Waals surface area contributed by atoms with Crippen molar-refractivity contribution in [2.45, 2.75) is 44.4 Å². The molecular formula is C11H18N4O. The molecule has 1 N–H and O–H groups in total. The summed E-state index contributed by atoms with van der Waals surface area (Å²) >= 11 is 0. The Balaban J connectivity index is 1.91. The first-order valence-corrected chi connectivity index (χ1v) is 6.06. The van der Waals surface area contributed by atoms with Crippen LogP contribution in [0.25, 0.3) is 0 Å². The van der Waals surface area contributed by atoms with Gasteiger partial charge in [0.05, 0.1) is 12.1 Å². The van der Waals surface area contributed by atoms with E-state index in [9.17, 15) is 5.11 Å². The summed E-state index contributed by atoms with van der Waals surface area (Å²) in [5.41, 5.74) is 0. The Hall–Kier alpha value is -0.940. The standard InChI is InChI=1S/C11H18N4O/c1-14-5-2-3-9(14)11-13-12-10-7-8(16)4-6-15(10)11/h8-9,16H,2-7H2,1H3. The fourth-order valence-corrected chi connectivity index (χ4v) is 2.82. The highest BCUT2D eigenvalue weighted by Crippen LogP contribution is 2.30. The van der Waals surface area contributed by atoms with E-state index >= 15 is 0 Å². The van der Waals surface area contributed by atoms with E-state index in [2.05, 4.69) is 26.7 Å². The zero-order valence-corrected chi connectivity index (χ0v) is 9.63. The van der Waals surface area contributed by atoms with E-state index in [1.54, 1.807) is 0 Å². The number of rotatable bonds is 1. The van der Waals surface area contributed by atoms with Crippen molar-refractivity contribution in [2.24, 2.45) is 0 Å². The van der Waals surface area contributed by atoms with Crippen LogP contribution in [-0.4, -0.2) is 44.5 Å². The minimum absolute atomic E-state index is 0.231. The van der Waals surface area contributed by atoms with Gasteiger partial charge in [0.15, 0.2) is 0 Å². The summed E-state index contributed by atoms with van der Waals surface area (Å²) in [5.74, 6) is 2.05. The van der Waals surface area contributed by atoms with Gasteiger partial charge in [-0.25, -0.2) is 0 Å². The molecule has 0 amide bonds. The van der Waals surface area contributed by atoms with Crippen molar-refractivity contribution in [3.05, 3.63) is 11.6 Å². The van der Waals surface area contributed by atoms with Gasteiger partial charge < -0.3 is 9.67 Å². The third kappa shape index (κ3) is 1.55. The molecule has 2 aliphatic heterocycles. The van der Waals surface area contributed by atoms with E-state index in [1.165, 1.54) is 12.8 Å². The van der Waals surface area contributed by atoms with Gasteiger partial charge in [0.1, 0.15) is 11.6 Å². The van der Waals surface area contributed by atoms with E-state index in [0.717, 1.165) is 31.2 Å². The highest BCUT2D eigenvalue weighted by molar-refractivity contribution is 5.06. The minimum atomic E-state index is -0.231. The Bertz CT molecular complexity index is 389. The second-order valence-electron chi connectivity index (χ2n) is 4.91. The van der Waals surface area contributed by atoms with Crippen LogP contribution in [0.5, 0.6) is 0 Å². The molecule has 5 nitrogen and oxygen atoms in total. The molecule has 0 spiro atoms. The van der Waals surface area contributed by atoms with Crippen LogP contribution < -0.4 is 0 Å². The molecule has 16 heavy (non-hydrogen) atoms. The number of aliphatic hydroxyl groups is 1. The number of hydrogen-bond donors (Lipinski definition) is 1. The summed E-state index contributed by atoms with van der Waals surface area (Å²) in [6.45, 7) is 2.01. The summed E-state index contributed by atoms with van der Waals surface area (Å²) in [5, 5.41) is 18.1. The molecule has 3 heterocycles. The zero-order valence-electron chi connectivity index (χ0n) is 9.63. The maximum absolute atomic E-state index is 9.59. The predicted octanol–water partition coefficient (Wildman–Crippen LogP) is 0.352. The van der Waals surface area contributed by atoms with E-state index in [4.69, 9.17) is 0 Å². The van der Waals surface area contributed by atoms with Crippen LogP contribution in [0.2, 0.25) is 0 Å². The Kier molecular flexibility index (Phi) is 2.44. The molecule has 1 aromatic heterocycles. The molecule has 0 radical (unpaired) electrons. The molecule has 0 bridgehead atoms. The van der Waals surface area contributed by atoms with Gasteiger partial charge in [0, 0.05) is 13.0 Å². The van der Waals surface area contributed by atoms with Crippen LogP contribution in [0, 0.1) is 0 Å². The number of nitrogens with zero attached hydrogens (tertiary/aromatic N) is 4. The molecule has 2 unspecified atom stereocenters. The van der Waals surface area contributed by atoms with Crippen LogP contribution >= 0.6 is 0 Å². The molecular weight excluding hydrogens is 204 g/mol. The molecule has 5 heteroatoms. The topological polar surface area (TPSA) is 54.2 Å². The molecule has 2 aliphatic rings. The quantitative estimate of drug-likeness (QED) is 0.745. The van der Waals surface area contributed by atoms with Crippen molar-refractivity contribution >= 4 is 0 Å². The van der Waals surface area contributed by atoms with Crippen LogP contribution in [0.1, 0.15) is 37.0 Å². The monoisotopic (exact) mass is 222 g/mol. The lowest BCUT2D eigenvalue weighted by Crippen LogP contribution is -2.27.